The van der Waals surface area contributed by atoms with E-state index in [2.05, 4.69) is 5.32 Å². The first-order valence-electron chi connectivity index (χ1n) is 10.3. The average Bonchev–Trinajstić information content (AvgIpc) is 2.90. The molecule has 1 aromatic heterocycles. The smallest absolute Gasteiger partial charge is 0.275 e. The molecule has 3 atom stereocenters. The summed E-state index contributed by atoms with van der Waals surface area (Å²) >= 11 is 0. The standard InChI is InChI=1S/C23H24FN3O5/c1-12-4-6-14(16(24)8-12)9-25-22(30)15-10-27-17-11-26(13(2)5-7-18(17)32-3)23(31)19(27)21(29)20(15)28/h4-8,10,13,17-18,29H,9,11H2,1-3H3,(H,25,30)/t13-,17+,18-/m0/s1. The number of pyridine rings is 1. The molecule has 32 heavy (non-hydrogen) atoms. The maximum Gasteiger partial charge on any atom is 0.275 e. The molecule has 0 aliphatic carbocycles. The number of nitrogens with one attached hydrogen (secondary N) is 1. The molecule has 2 amide bonds. The van der Waals surface area contributed by atoms with E-state index in [1.807, 2.05) is 19.1 Å². The van der Waals surface area contributed by atoms with Gasteiger partial charge in [-0.05, 0) is 25.5 Å². The summed E-state index contributed by atoms with van der Waals surface area (Å²) in [5.74, 6) is -2.54. The number of nitrogens with zero attached hydrogens (tertiary/aromatic N) is 2. The second kappa shape index (κ2) is 8.23. The molecule has 0 saturated heterocycles. The van der Waals surface area contributed by atoms with Gasteiger partial charge in [-0.3, -0.25) is 14.4 Å². The Morgan fingerprint density at radius 1 is 1.31 bits per heavy atom. The lowest BCUT2D eigenvalue weighted by Gasteiger charge is -2.38. The first kappa shape index (κ1) is 21.8. The quantitative estimate of drug-likeness (QED) is 0.706. The van der Waals surface area contributed by atoms with Crippen LogP contribution < -0.4 is 10.7 Å². The maximum absolute atomic E-state index is 14.1. The van der Waals surface area contributed by atoms with Crippen molar-refractivity contribution < 1.29 is 23.8 Å². The highest BCUT2D eigenvalue weighted by molar-refractivity contribution is 5.99. The lowest BCUT2D eigenvalue weighted by molar-refractivity contribution is 0.0435. The summed E-state index contributed by atoms with van der Waals surface area (Å²) < 4.78 is 21.1. The molecule has 0 saturated carbocycles. The molecule has 0 fully saturated rings. The van der Waals surface area contributed by atoms with E-state index in [4.69, 9.17) is 4.74 Å². The van der Waals surface area contributed by atoms with E-state index < -0.39 is 41.0 Å². The van der Waals surface area contributed by atoms with Crippen LogP contribution in [0.5, 0.6) is 5.75 Å². The minimum absolute atomic E-state index is 0.135. The van der Waals surface area contributed by atoms with Crippen molar-refractivity contribution in [2.24, 2.45) is 0 Å². The molecular formula is C23H24FN3O5. The van der Waals surface area contributed by atoms with Gasteiger partial charge in [-0.25, -0.2) is 4.39 Å². The predicted molar refractivity (Wildman–Crippen MR) is 114 cm³/mol. The van der Waals surface area contributed by atoms with Crippen LogP contribution in [-0.4, -0.2) is 52.2 Å². The van der Waals surface area contributed by atoms with E-state index in [1.54, 1.807) is 24.0 Å². The number of methoxy groups -OCH3 is 1. The molecule has 2 bridgehead atoms. The van der Waals surface area contributed by atoms with Crippen LogP contribution in [0.3, 0.4) is 0 Å². The van der Waals surface area contributed by atoms with Crippen molar-refractivity contribution in [1.29, 1.82) is 0 Å². The van der Waals surface area contributed by atoms with E-state index >= 15 is 0 Å². The Morgan fingerprint density at radius 3 is 2.75 bits per heavy atom. The summed E-state index contributed by atoms with van der Waals surface area (Å²) in [5, 5.41) is 13.1. The summed E-state index contributed by atoms with van der Waals surface area (Å²) in [6.45, 7) is 3.74. The minimum atomic E-state index is -0.957. The van der Waals surface area contributed by atoms with Gasteiger partial charge in [0.25, 0.3) is 11.8 Å². The van der Waals surface area contributed by atoms with Crippen molar-refractivity contribution in [1.82, 2.24) is 14.8 Å². The van der Waals surface area contributed by atoms with Gasteiger partial charge in [-0.2, -0.15) is 0 Å². The van der Waals surface area contributed by atoms with Crippen LogP contribution in [0, 0.1) is 12.7 Å². The van der Waals surface area contributed by atoms with Crippen LogP contribution in [0.2, 0.25) is 0 Å². The van der Waals surface area contributed by atoms with Gasteiger partial charge < -0.3 is 24.6 Å². The number of benzene rings is 1. The summed E-state index contributed by atoms with van der Waals surface area (Å²) in [7, 11) is 1.53. The molecule has 3 heterocycles. The van der Waals surface area contributed by atoms with Gasteiger partial charge in [0.05, 0.1) is 12.1 Å². The number of hydrogen-bond donors (Lipinski definition) is 2. The van der Waals surface area contributed by atoms with Crippen LogP contribution in [-0.2, 0) is 11.3 Å². The number of carbonyl (C=O) groups is 2. The van der Waals surface area contributed by atoms with Gasteiger partial charge in [0, 0.05) is 38.0 Å². The Morgan fingerprint density at radius 2 is 2.06 bits per heavy atom. The number of aromatic hydroxyl groups is 1. The number of rotatable bonds is 4. The summed E-state index contributed by atoms with van der Waals surface area (Å²) in [5.41, 5.74) is -0.463. The van der Waals surface area contributed by atoms with E-state index in [0.29, 0.717) is 0 Å². The second-order valence-electron chi connectivity index (χ2n) is 8.10. The molecule has 8 nitrogen and oxygen atoms in total. The zero-order chi connectivity index (χ0) is 23.2. The number of ether oxygens (including phenoxy) is 1. The number of amides is 2. The van der Waals surface area contributed by atoms with Crippen LogP contribution in [0.25, 0.3) is 0 Å². The first-order valence-corrected chi connectivity index (χ1v) is 10.3. The van der Waals surface area contributed by atoms with E-state index in [1.165, 1.54) is 23.9 Å². The molecule has 2 aliphatic rings. The molecule has 168 valence electrons. The minimum Gasteiger partial charge on any atom is -0.503 e. The van der Waals surface area contributed by atoms with Gasteiger partial charge in [0.1, 0.15) is 11.4 Å². The molecule has 4 rings (SSSR count). The van der Waals surface area contributed by atoms with E-state index in [9.17, 15) is 23.9 Å². The Kier molecular flexibility index (Phi) is 5.60. The van der Waals surface area contributed by atoms with Crippen LogP contribution in [0.4, 0.5) is 4.39 Å². The fourth-order valence-corrected chi connectivity index (χ4v) is 4.18. The predicted octanol–water partition coefficient (Wildman–Crippen LogP) is 1.90. The third kappa shape index (κ3) is 3.58. The SMILES string of the molecule is CO[C@H]1C=C[C@H](C)N2C[C@H]1n1cc(C(=O)NCc3ccc(C)cc3F)c(=O)c(O)c1C2=O. The fraction of sp³-hybridized carbons (Fsp3) is 0.348. The number of fused-ring (bicyclic) bond motifs is 4. The van der Waals surface area contributed by atoms with Gasteiger partial charge >= 0.3 is 0 Å². The van der Waals surface area contributed by atoms with Crippen molar-refractivity contribution in [3.8, 4) is 5.75 Å². The highest BCUT2D eigenvalue weighted by Gasteiger charge is 2.41. The lowest BCUT2D eigenvalue weighted by atomic mass is 10.0. The number of halogens is 1. The molecule has 0 unspecified atom stereocenters. The first-order chi connectivity index (χ1) is 15.2. The van der Waals surface area contributed by atoms with E-state index in [0.717, 1.165) is 5.56 Å². The molecule has 2 aromatic rings. The molecule has 0 radical (unpaired) electrons. The normalized spacial score (nSPS) is 21.8. The molecule has 2 aliphatic heterocycles. The largest absolute Gasteiger partial charge is 0.503 e. The van der Waals surface area contributed by atoms with Crippen LogP contribution in [0.15, 0.2) is 41.3 Å². The summed E-state index contributed by atoms with van der Waals surface area (Å²) in [4.78, 5) is 40.1. The topological polar surface area (TPSA) is 101 Å². The Balaban J connectivity index is 1.72. The van der Waals surface area contributed by atoms with Crippen molar-refractivity contribution >= 4 is 11.8 Å². The van der Waals surface area contributed by atoms with Crippen LogP contribution in [0.1, 0.15) is 44.9 Å². The van der Waals surface area contributed by atoms with Crippen molar-refractivity contribution in [3.63, 3.8) is 0 Å². The fourth-order valence-electron chi connectivity index (χ4n) is 4.18. The highest BCUT2D eigenvalue weighted by atomic mass is 19.1. The zero-order valence-corrected chi connectivity index (χ0v) is 18.0. The Labute approximate surface area is 183 Å². The van der Waals surface area contributed by atoms with Gasteiger partial charge in [-0.1, -0.05) is 24.3 Å². The van der Waals surface area contributed by atoms with Gasteiger partial charge in [0.15, 0.2) is 11.4 Å². The average molecular weight is 441 g/mol. The summed E-state index contributed by atoms with van der Waals surface area (Å²) in [6.07, 6.45) is 4.49. The molecular weight excluding hydrogens is 417 g/mol. The van der Waals surface area contributed by atoms with Crippen molar-refractivity contribution in [2.75, 3.05) is 13.7 Å². The van der Waals surface area contributed by atoms with Gasteiger partial charge in [-0.15, -0.1) is 0 Å². The van der Waals surface area contributed by atoms with Crippen molar-refractivity contribution in [3.05, 3.63) is 75.0 Å². The molecule has 9 heteroatoms. The zero-order valence-electron chi connectivity index (χ0n) is 18.0. The molecule has 0 spiro atoms. The molecule has 2 N–H and O–H groups in total. The highest BCUT2D eigenvalue weighted by Crippen LogP contribution is 2.33. The third-order valence-corrected chi connectivity index (χ3v) is 6.03. The maximum atomic E-state index is 14.1. The number of carbonyl (C=O) groups excluding carboxylic acids is 2. The number of aryl methyl sites for hydroxylation is 1. The summed E-state index contributed by atoms with van der Waals surface area (Å²) in [6, 6.07) is 3.93. The Bertz CT molecular complexity index is 1190. The molecule has 1 aromatic carbocycles. The Hall–Kier alpha value is -3.46. The monoisotopic (exact) mass is 441 g/mol. The second-order valence-corrected chi connectivity index (χ2v) is 8.10. The number of hydrogen-bond acceptors (Lipinski definition) is 5. The van der Waals surface area contributed by atoms with E-state index in [-0.39, 0.29) is 36.0 Å². The third-order valence-electron chi connectivity index (χ3n) is 6.03. The number of aromatic nitrogens is 1. The lowest BCUT2D eigenvalue weighted by Crippen LogP contribution is -2.49. The van der Waals surface area contributed by atoms with Crippen LogP contribution >= 0.6 is 0 Å². The van der Waals surface area contributed by atoms with Crippen molar-refractivity contribution in [2.45, 2.75) is 38.6 Å². The van der Waals surface area contributed by atoms with Gasteiger partial charge in [0.2, 0.25) is 5.43 Å².